The predicted molar refractivity (Wildman–Crippen MR) is 130 cm³/mol. The quantitative estimate of drug-likeness (QED) is 0.429. The fraction of sp³-hybridized carbons (Fsp3) is 0.208. The van der Waals surface area contributed by atoms with Gasteiger partial charge in [0.25, 0.3) is 15.9 Å². The van der Waals surface area contributed by atoms with Crippen molar-refractivity contribution >= 4 is 38.9 Å². The molecule has 0 saturated carbocycles. The van der Waals surface area contributed by atoms with E-state index in [1.54, 1.807) is 36.4 Å². The topological polar surface area (TPSA) is 93.7 Å². The molecule has 0 radical (unpaired) electrons. The third-order valence-electron chi connectivity index (χ3n) is 4.80. The lowest BCUT2D eigenvalue weighted by atomic mass is 10.2. The van der Waals surface area contributed by atoms with Crippen molar-refractivity contribution in [3.05, 3.63) is 77.3 Å². The number of benzene rings is 3. The first-order valence-electron chi connectivity index (χ1n) is 10.2. The van der Waals surface area contributed by atoms with Crippen LogP contribution in [0.2, 0.25) is 5.02 Å². The van der Waals surface area contributed by atoms with E-state index in [9.17, 15) is 13.2 Å². The maximum atomic E-state index is 12.8. The molecular weight excluding hydrogens is 464 g/mol. The van der Waals surface area contributed by atoms with Crippen LogP contribution in [0.3, 0.4) is 0 Å². The number of halogens is 1. The van der Waals surface area contributed by atoms with E-state index in [2.05, 4.69) is 10.0 Å². The monoisotopic (exact) mass is 488 g/mol. The summed E-state index contributed by atoms with van der Waals surface area (Å²) in [5, 5.41) is 3.16. The van der Waals surface area contributed by atoms with Crippen LogP contribution in [0.25, 0.3) is 0 Å². The van der Waals surface area contributed by atoms with Crippen LogP contribution >= 0.6 is 11.6 Å². The van der Waals surface area contributed by atoms with Gasteiger partial charge in [0.1, 0.15) is 11.5 Å². The highest BCUT2D eigenvalue weighted by Crippen LogP contribution is 2.28. The van der Waals surface area contributed by atoms with Crippen LogP contribution in [0.15, 0.2) is 71.6 Å². The van der Waals surface area contributed by atoms with Crippen molar-refractivity contribution in [3.63, 3.8) is 0 Å². The first kappa shape index (κ1) is 24.4. The number of para-hydroxylation sites is 1. The molecule has 174 valence electrons. The van der Waals surface area contributed by atoms with E-state index >= 15 is 0 Å². The summed E-state index contributed by atoms with van der Waals surface area (Å²) in [5.74, 6) is 0.466. The first-order chi connectivity index (χ1) is 15.7. The van der Waals surface area contributed by atoms with Crippen LogP contribution < -0.4 is 19.5 Å². The summed E-state index contributed by atoms with van der Waals surface area (Å²) in [5.41, 5.74) is 1.67. The van der Waals surface area contributed by atoms with Gasteiger partial charge in [-0.25, -0.2) is 8.42 Å². The van der Waals surface area contributed by atoms with Gasteiger partial charge in [0, 0.05) is 5.69 Å². The van der Waals surface area contributed by atoms with Gasteiger partial charge in [0.2, 0.25) is 0 Å². The molecule has 1 amide bonds. The Labute approximate surface area is 198 Å². The molecule has 0 unspecified atom stereocenters. The Hall–Kier alpha value is -3.23. The predicted octanol–water partition coefficient (Wildman–Crippen LogP) is 5.25. The lowest BCUT2D eigenvalue weighted by molar-refractivity contribution is -0.122. The van der Waals surface area contributed by atoms with Crippen LogP contribution in [0.1, 0.15) is 18.9 Å². The summed E-state index contributed by atoms with van der Waals surface area (Å²) < 4.78 is 39.2. The number of methoxy groups -OCH3 is 1. The molecule has 0 aliphatic heterocycles. The molecule has 3 aromatic carbocycles. The number of ether oxygens (including phenoxy) is 2. The summed E-state index contributed by atoms with van der Waals surface area (Å²) in [6.07, 6.45) is -0.338. The molecular formula is C24H25ClN2O5S. The summed E-state index contributed by atoms with van der Waals surface area (Å²) in [4.78, 5) is 12.7. The molecule has 0 aliphatic rings. The molecule has 3 aromatic rings. The number of hydrogen-bond acceptors (Lipinski definition) is 5. The van der Waals surface area contributed by atoms with Gasteiger partial charge in [-0.05, 0) is 67.4 Å². The number of carbonyl (C=O) groups excluding carboxylic acids is 1. The molecule has 33 heavy (non-hydrogen) atoms. The van der Waals surface area contributed by atoms with Gasteiger partial charge >= 0.3 is 0 Å². The van der Waals surface area contributed by atoms with Gasteiger partial charge in [-0.2, -0.15) is 0 Å². The fourth-order valence-corrected chi connectivity index (χ4v) is 4.30. The molecule has 0 saturated heterocycles. The average Bonchev–Trinajstić information content (AvgIpc) is 2.78. The Kier molecular flexibility index (Phi) is 7.84. The third kappa shape index (κ3) is 6.18. The molecule has 0 aromatic heterocycles. The molecule has 3 rings (SSSR count). The molecule has 7 nitrogen and oxygen atoms in total. The second-order valence-corrected chi connectivity index (χ2v) is 9.36. The van der Waals surface area contributed by atoms with Crippen molar-refractivity contribution < 1.29 is 22.7 Å². The van der Waals surface area contributed by atoms with Crippen LogP contribution in [-0.2, 0) is 14.8 Å². The van der Waals surface area contributed by atoms with Crippen molar-refractivity contribution in [2.75, 3.05) is 17.1 Å². The minimum absolute atomic E-state index is 0.0448. The van der Waals surface area contributed by atoms with Crippen molar-refractivity contribution in [1.82, 2.24) is 0 Å². The number of anilines is 2. The van der Waals surface area contributed by atoms with E-state index in [-0.39, 0.29) is 10.8 Å². The highest BCUT2D eigenvalue weighted by atomic mass is 35.5. The van der Waals surface area contributed by atoms with Crippen LogP contribution in [0.4, 0.5) is 11.4 Å². The number of hydrogen-bond donors (Lipinski definition) is 2. The zero-order valence-electron chi connectivity index (χ0n) is 18.5. The van der Waals surface area contributed by atoms with Gasteiger partial charge in [0.05, 0.1) is 22.7 Å². The average molecular weight is 489 g/mol. The highest BCUT2D eigenvalue weighted by Gasteiger charge is 2.21. The largest absolute Gasteiger partial charge is 0.495 e. The summed E-state index contributed by atoms with van der Waals surface area (Å²) in [6, 6.07) is 18.0. The van der Waals surface area contributed by atoms with Gasteiger partial charge in [0.15, 0.2) is 6.10 Å². The van der Waals surface area contributed by atoms with Gasteiger partial charge in [-0.1, -0.05) is 36.7 Å². The maximum Gasteiger partial charge on any atom is 0.265 e. The molecule has 0 heterocycles. The number of rotatable bonds is 9. The Bertz CT molecular complexity index is 1230. The van der Waals surface area contributed by atoms with Crippen molar-refractivity contribution in [2.24, 2.45) is 0 Å². The van der Waals surface area contributed by atoms with Crippen LogP contribution in [0, 0.1) is 6.92 Å². The van der Waals surface area contributed by atoms with E-state index in [1.165, 1.54) is 31.4 Å². The summed E-state index contributed by atoms with van der Waals surface area (Å²) >= 11 is 6.11. The zero-order valence-corrected chi connectivity index (χ0v) is 20.0. The van der Waals surface area contributed by atoms with E-state index in [4.69, 9.17) is 21.1 Å². The Morgan fingerprint density at radius 3 is 2.36 bits per heavy atom. The third-order valence-corrected chi connectivity index (χ3v) is 6.49. The van der Waals surface area contributed by atoms with Gasteiger partial charge in [-0.3, -0.25) is 9.52 Å². The summed E-state index contributed by atoms with van der Waals surface area (Å²) in [6.45, 7) is 3.68. The number of amides is 1. The Morgan fingerprint density at radius 2 is 1.73 bits per heavy atom. The minimum Gasteiger partial charge on any atom is -0.495 e. The fourth-order valence-electron chi connectivity index (χ4n) is 3.06. The van der Waals surface area contributed by atoms with Crippen LogP contribution in [0.5, 0.6) is 11.5 Å². The number of aryl methyl sites for hydroxylation is 1. The van der Waals surface area contributed by atoms with Crippen molar-refractivity contribution in [2.45, 2.75) is 31.3 Å². The molecule has 0 bridgehead atoms. The summed E-state index contributed by atoms with van der Waals surface area (Å²) in [7, 11) is -2.39. The molecule has 2 N–H and O–H groups in total. The normalized spacial score (nSPS) is 12.0. The van der Waals surface area contributed by atoms with Crippen molar-refractivity contribution in [3.8, 4) is 11.5 Å². The van der Waals surface area contributed by atoms with E-state index in [1.807, 2.05) is 19.9 Å². The standard InChI is InChI=1S/C24H25ClN2O5S/c1-4-21(32-22-8-6-5-7-19(22)25)24(28)26-17-10-12-18(13-11-17)33(29,30)27-20-15-16(2)9-14-23(20)31-3/h5-15,21,27H,4H2,1-3H3,(H,26,28)/t21-/m0/s1. The second-order valence-electron chi connectivity index (χ2n) is 7.27. The van der Waals surface area contributed by atoms with E-state index in [0.29, 0.717) is 34.3 Å². The minimum atomic E-state index is -3.86. The lowest BCUT2D eigenvalue weighted by Gasteiger charge is -2.18. The SMILES string of the molecule is CC[C@H](Oc1ccccc1Cl)C(=O)Nc1ccc(S(=O)(=O)Nc2cc(C)ccc2OC)cc1. The molecule has 9 heteroatoms. The van der Waals surface area contributed by atoms with Gasteiger partial charge in [-0.15, -0.1) is 0 Å². The van der Waals surface area contributed by atoms with Gasteiger partial charge < -0.3 is 14.8 Å². The Balaban J connectivity index is 1.71. The number of carbonyl (C=O) groups is 1. The Morgan fingerprint density at radius 1 is 1.03 bits per heavy atom. The highest BCUT2D eigenvalue weighted by molar-refractivity contribution is 7.92. The number of sulfonamides is 1. The van der Waals surface area contributed by atoms with E-state index in [0.717, 1.165) is 5.56 Å². The second kappa shape index (κ2) is 10.6. The van der Waals surface area contributed by atoms with Crippen LogP contribution in [-0.4, -0.2) is 27.5 Å². The molecule has 0 spiro atoms. The smallest absolute Gasteiger partial charge is 0.265 e. The maximum absolute atomic E-state index is 12.8. The lowest BCUT2D eigenvalue weighted by Crippen LogP contribution is -2.32. The van der Waals surface area contributed by atoms with Crippen molar-refractivity contribution in [1.29, 1.82) is 0 Å². The molecule has 0 fully saturated rings. The molecule has 1 atom stereocenters. The molecule has 0 aliphatic carbocycles. The van der Waals surface area contributed by atoms with E-state index < -0.39 is 16.1 Å². The number of nitrogens with one attached hydrogen (secondary N) is 2. The first-order valence-corrected chi connectivity index (χ1v) is 12.1. The zero-order chi connectivity index (χ0) is 24.0.